The molecule has 0 radical (unpaired) electrons. The first kappa shape index (κ1) is 17.3. The first-order valence-corrected chi connectivity index (χ1v) is 8.55. The van der Waals surface area contributed by atoms with Gasteiger partial charge in [-0.2, -0.15) is 0 Å². The Balaban J connectivity index is 1.58. The van der Waals surface area contributed by atoms with Crippen LogP contribution in [-0.4, -0.2) is 65.5 Å². The van der Waals surface area contributed by atoms with E-state index in [1.807, 2.05) is 13.0 Å². The summed E-state index contributed by atoms with van der Waals surface area (Å²) in [6.07, 6.45) is 0.426. The largest absolute Gasteiger partial charge is 0.493 e. The standard InChI is InChI=1S/C18H22N2O5/c1-2-25-15-6-4-3-5-12(15)16(21)19-7-9-20(10-8-19)17(22)13-11-14(13)18(23)24/h3-6,13-14H,2,7-11H2,1H3,(H,23,24)/t13-,14-/m0/s1. The van der Waals surface area contributed by atoms with Crippen molar-refractivity contribution in [2.75, 3.05) is 32.8 Å². The van der Waals surface area contributed by atoms with E-state index in [1.165, 1.54) is 0 Å². The summed E-state index contributed by atoms with van der Waals surface area (Å²) in [5.74, 6) is -1.47. The van der Waals surface area contributed by atoms with Gasteiger partial charge in [0.2, 0.25) is 5.91 Å². The summed E-state index contributed by atoms with van der Waals surface area (Å²) in [5, 5.41) is 8.95. The zero-order chi connectivity index (χ0) is 18.0. The lowest BCUT2D eigenvalue weighted by Gasteiger charge is -2.35. The molecule has 0 bridgehead atoms. The van der Waals surface area contributed by atoms with Gasteiger partial charge in [0.25, 0.3) is 5.91 Å². The fourth-order valence-electron chi connectivity index (χ4n) is 3.20. The lowest BCUT2D eigenvalue weighted by Crippen LogP contribution is -2.51. The highest BCUT2D eigenvalue weighted by Crippen LogP contribution is 2.40. The summed E-state index contributed by atoms with van der Waals surface area (Å²) in [4.78, 5) is 39.3. The van der Waals surface area contributed by atoms with Crippen LogP contribution >= 0.6 is 0 Å². The van der Waals surface area contributed by atoms with E-state index < -0.39 is 17.8 Å². The highest BCUT2D eigenvalue weighted by Gasteiger charge is 2.50. The Labute approximate surface area is 146 Å². The van der Waals surface area contributed by atoms with Crippen LogP contribution < -0.4 is 4.74 Å². The number of para-hydroxylation sites is 1. The third kappa shape index (κ3) is 3.60. The zero-order valence-corrected chi connectivity index (χ0v) is 14.2. The molecule has 2 fully saturated rings. The molecule has 1 heterocycles. The second kappa shape index (κ2) is 7.13. The van der Waals surface area contributed by atoms with Crippen molar-refractivity contribution < 1.29 is 24.2 Å². The number of aliphatic carboxylic acids is 1. The lowest BCUT2D eigenvalue weighted by atomic mass is 10.1. The van der Waals surface area contributed by atoms with Crippen molar-refractivity contribution in [1.82, 2.24) is 9.80 Å². The van der Waals surface area contributed by atoms with E-state index in [2.05, 4.69) is 0 Å². The molecule has 25 heavy (non-hydrogen) atoms. The first-order chi connectivity index (χ1) is 12.0. The molecule has 0 unspecified atom stereocenters. The number of nitrogens with zero attached hydrogens (tertiary/aromatic N) is 2. The molecule has 0 spiro atoms. The SMILES string of the molecule is CCOc1ccccc1C(=O)N1CCN(C(=O)[C@H]2C[C@@H]2C(=O)O)CC1. The van der Waals surface area contributed by atoms with E-state index in [4.69, 9.17) is 9.84 Å². The van der Waals surface area contributed by atoms with Gasteiger partial charge in [-0.05, 0) is 25.5 Å². The second-order valence-electron chi connectivity index (χ2n) is 6.33. The maximum absolute atomic E-state index is 12.7. The van der Waals surface area contributed by atoms with Gasteiger partial charge in [0, 0.05) is 26.2 Å². The van der Waals surface area contributed by atoms with Crippen LogP contribution in [0.1, 0.15) is 23.7 Å². The first-order valence-electron chi connectivity index (χ1n) is 8.55. The molecule has 1 aliphatic carbocycles. The summed E-state index contributed by atoms with van der Waals surface area (Å²) in [6.45, 7) is 4.10. The van der Waals surface area contributed by atoms with Gasteiger partial charge in [-0.15, -0.1) is 0 Å². The number of piperazine rings is 1. The van der Waals surface area contributed by atoms with Gasteiger partial charge in [0.05, 0.1) is 24.0 Å². The number of benzene rings is 1. The van der Waals surface area contributed by atoms with E-state index in [1.54, 1.807) is 28.0 Å². The van der Waals surface area contributed by atoms with Crippen LogP contribution in [0.25, 0.3) is 0 Å². The van der Waals surface area contributed by atoms with Crippen LogP contribution in [0.3, 0.4) is 0 Å². The highest BCUT2D eigenvalue weighted by atomic mass is 16.5. The van der Waals surface area contributed by atoms with Crippen LogP contribution in [0.4, 0.5) is 0 Å². The van der Waals surface area contributed by atoms with Crippen molar-refractivity contribution in [2.45, 2.75) is 13.3 Å². The van der Waals surface area contributed by atoms with Gasteiger partial charge in [-0.25, -0.2) is 0 Å². The Bertz CT molecular complexity index is 682. The Morgan fingerprint density at radius 1 is 1.08 bits per heavy atom. The summed E-state index contributed by atoms with van der Waals surface area (Å²) in [7, 11) is 0. The molecule has 1 saturated heterocycles. The van der Waals surface area contributed by atoms with Gasteiger partial charge in [0.15, 0.2) is 0 Å². The number of carbonyl (C=O) groups excluding carboxylic acids is 2. The molecule has 3 rings (SSSR count). The minimum absolute atomic E-state index is 0.103. The number of carbonyl (C=O) groups is 3. The van der Waals surface area contributed by atoms with Crippen LogP contribution in [-0.2, 0) is 9.59 Å². The van der Waals surface area contributed by atoms with Gasteiger partial charge < -0.3 is 19.6 Å². The number of carboxylic acids is 1. The molecule has 134 valence electrons. The average molecular weight is 346 g/mol. The third-order valence-electron chi connectivity index (χ3n) is 4.72. The quantitative estimate of drug-likeness (QED) is 0.862. The molecule has 2 aliphatic rings. The van der Waals surface area contributed by atoms with Crippen molar-refractivity contribution in [2.24, 2.45) is 11.8 Å². The van der Waals surface area contributed by atoms with Crippen LogP contribution in [0, 0.1) is 11.8 Å². The number of rotatable bonds is 5. The Hall–Kier alpha value is -2.57. The van der Waals surface area contributed by atoms with Crippen molar-refractivity contribution in [3.63, 3.8) is 0 Å². The van der Waals surface area contributed by atoms with Gasteiger partial charge in [0.1, 0.15) is 5.75 Å². The molecule has 7 nitrogen and oxygen atoms in total. The fourth-order valence-corrected chi connectivity index (χ4v) is 3.20. The van der Waals surface area contributed by atoms with E-state index in [9.17, 15) is 14.4 Å². The van der Waals surface area contributed by atoms with Crippen LogP contribution in [0.5, 0.6) is 5.75 Å². The van der Waals surface area contributed by atoms with E-state index in [-0.39, 0.29) is 11.8 Å². The van der Waals surface area contributed by atoms with Crippen LogP contribution in [0.2, 0.25) is 0 Å². The third-order valence-corrected chi connectivity index (χ3v) is 4.72. The van der Waals surface area contributed by atoms with Crippen molar-refractivity contribution in [3.05, 3.63) is 29.8 Å². The number of ether oxygens (including phenoxy) is 1. The summed E-state index contributed by atoms with van der Waals surface area (Å²) in [5.41, 5.74) is 0.525. The molecular weight excluding hydrogens is 324 g/mol. The summed E-state index contributed by atoms with van der Waals surface area (Å²) >= 11 is 0. The zero-order valence-electron chi connectivity index (χ0n) is 14.2. The molecule has 1 saturated carbocycles. The smallest absolute Gasteiger partial charge is 0.307 e. The second-order valence-corrected chi connectivity index (χ2v) is 6.33. The van der Waals surface area contributed by atoms with E-state index in [0.29, 0.717) is 50.5 Å². The van der Waals surface area contributed by atoms with Crippen molar-refractivity contribution in [3.8, 4) is 5.75 Å². The number of carboxylic acid groups (broad SMARTS) is 1. The number of amides is 2. The molecule has 1 N–H and O–H groups in total. The Kier molecular flexibility index (Phi) is 4.92. The number of hydrogen-bond acceptors (Lipinski definition) is 4. The normalized spacial score (nSPS) is 22.4. The van der Waals surface area contributed by atoms with Crippen molar-refractivity contribution in [1.29, 1.82) is 0 Å². The maximum Gasteiger partial charge on any atom is 0.307 e. The summed E-state index contributed by atoms with van der Waals surface area (Å²) in [6, 6.07) is 7.14. The molecule has 0 aromatic heterocycles. The predicted octanol–water partition coefficient (Wildman–Crippen LogP) is 1.09. The molecule has 2 atom stereocenters. The van der Waals surface area contributed by atoms with Gasteiger partial charge >= 0.3 is 5.97 Å². The molecular formula is C18H22N2O5. The fraction of sp³-hybridized carbons (Fsp3) is 0.500. The molecule has 1 aromatic carbocycles. The molecule has 2 amide bonds. The Morgan fingerprint density at radius 3 is 2.32 bits per heavy atom. The van der Waals surface area contributed by atoms with Gasteiger partial charge in [-0.1, -0.05) is 12.1 Å². The molecule has 1 aliphatic heterocycles. The summed E-state index contributed by atoms with van der Waals surface area (Å²) < 4.78 is 5.51. The van der Waals surface area contributed by atoms with E-state index in [0.717, 1.165) is 0 Å². The van der Waals surface area contributed by atoms with Gasteiger partial charge in [-0.3, -0.25) is 14.4 Å². The monoisotopic (exact) mass is 346 g/mol. The molecule has 7 heteroatoms. The maximum atomic E-state index is 12.7. The average Bonchev–Trinajstić information content (AvgIpc) is 3.42. The van der Waals surface area contributed by atoms with Crippen LogP contribution in [0.15, 0.2) is 24.3 Å². The topological polar surface area (TPSA) is 87.2 Å². The molecule has 1 aromatic rings. The van der Waals surface area contributed by atoms with Crippen molar-refractivity contribution >= 4 is 17.8 Å². The minimum atomic E-state index is -0.903. The number of hydrogen-bond donors (Lipinski definition) is 1. The highest BCUT2D eigenvalue weighted by molar-refractivity contribution is 5.97. The minimum Gasteiger partial charge on any atom is -0.493 e. The lowest BCUT2D eigenvalue weighted by molar-refractivity contribution is -0.142. The Morgan fingerprint density at radius 2 is 1.72 bits per heavy atom. The van der Waals surface area contributed by atoms with E-state index >= 15 is 0 Å². The predicted molar refractivity (Wildman–Crippen MR) is 89.3 cm³/mol.